The molecule has 2 N–H and O–H groups in total. The van der Waals surface area contributed by atoms with Crippen LogP contribution in [0.4, 0.5) is 5.69 Å². The van der Waals surface area contributed by atoms with Crippen molar-refractivity contribution in [3.63, 3.8) is 0 Å². The number of anilines is 1. The van der Waals surface area contributed by atoms with Crippen LogP contribution in [0, 0.1) is 0 Å². The molecule has 1 rings (SSSR count). The maximum atomic E-state index is 11.3. The number of aliphatic hydroxyl groups is 1. The minimum absolute atomic E-state index is 0.758. The SMILES string of the molecule is CC(O)C(C)(C(=O)O)N(C)c1ccccc1. The van der Waals surface area contributed by atoms with Crippen LogP contribution in [-0.2, 0) is 4.79 Å². The summed E-state index contributed by atoms with van der Waals surface area (Å²) in [5.41, 5.74) is -0.574. The number of hydrogen-bond acceptors (Lipinski definition) is 3. The second-order valence-corrected chi connectivity index (χ2v) is 4.02. The quantitative estimate of drug-likeness (QED) is 0.808. The second kappa shape index (κ2) is 4.53. The van der Waals surface area contributed by atoms with Gasteiger partial charge in [-0.1, -0.05) is 18.2 Å². The van der Waals surface area contributed by atoms with Crippen LogP contribution in [0.3, 0.4) is 0 Å². The minimum atomic E-state index is -1.33. The molecular weight excluding hydrogens is 206 g/mol. The molecule has 0 radical (unpaired) electrons. The van der Waals surface area contributed by atoms with Gasteiger partial charge in [0.2, 0.25) is 0 Å². The molecule has 0 aliphatic heterocycles. The molecule has 0 aromatic heterocycles. The molecule has 16 heavy (non-hydrogen) atoms. The van der Waals surface area contributed by atoms with Crippen molar-refractivity contribution in [3.8, 4) is 0 Å². The van der Waals surface area contributed by atoms with E-state index in [1.165, 1.54) is 13.8 Å². The molecular formula is C12H17NO3. The highest BCUT2D eigenvalue weighted by atomic mass is 16.4. The van der Waals surface area contributed by atoms with E-state index < -0.39 is 17.6 Å². The maximum Gasteiger partial charge on any atom is 0.331 e. The zero-order valence-electron chi connectivity index (χ0n) is 9.71. The van der Waals surface area contributed by atoms with Gasteiger partial charge in [0.15, 0.2) is 5.54 Å². The molecule has 2 atom stereocenters. The lowest BCUT2D eigenvalue weighted by molar-refractivity contribution is -0.146. The number of rotatable bonds is 4. The van der Waals surface area contributed by atoms with E-state index in [2.05, 4.69) is 0 Å². The van der Waals surface area contributed by atoms with E-state index in [0.717, 1.165) is 5.69 Å². The normalized spacial score (nSPS) is 16.2. The van der Waals surface area contributed by atoms with Crippen LogP contribution in [0.2, 0.25) is 0 Å². The first kappa shape index (κ1) is 12.5. The fourth-order valence-corrected chi connectivity index (χ4v) is 1.52. The predicted octanol–water partition coefficient (Wildman–Crippen LogP) is 1.35. The molecule has 4 heteroatoms. The van der Waals surface area contributed by atoms with Crippen molar-refractivity contribution in [2.24, 2.45) is 0 Å². The number of benzene rings is 1. The average molecular weight is 223 g/mol. The summed E-state index contributed by atoms with van der Waals surface area (Å²) in [7, 11) is 1.66. The Morgan fingerprint density at radius 3 is 2.25 bits per heavy atom. The van der Waals surface area contributed by atoms with Crippen LogP contribution in [-0.4, -0.2) is 34.9 Å². The summed E-state index contributed by atoms with van der Waals surface area (Å²) >= 11 is 0. The highest BCUT2D eigenvalue weighted by Crippen LogP contribution is 2.25. The van der Waals surface area contributed by atoms with Gasteiger partial charge in [0.1, 0.15) is 0 Å². The number of carboxylic acids is 1. The van der Waals surface area contributed by atoms with Gasteiger partial charge < -0.3 is 15.1 Å². The van der Waals surface area contributed by atoms with Crippen molar-refractivity contribution in [1.82, 2.24) is 0 Å². The second-order valence-electron chi connectivity index (χ2n) is 4.02. The predicted molar refractivity (Wildman–Crippen MR) is 62.6 cm³/mol. The van der Waals surface area contributed by atoms with Crippen LogP contribution in [0.25, 0.3) is 0 Å². The Morgan fingerprint density at radius 2 is 1.88 bits per heavy atom. The minimum Gasteiger partial charge on any atom is -0.479 e. The first-order chi connectivity index (χ1) is 7.40. The lowest BCUT2D eigenvalue weighted by atomic mass is 9.93. The number of para-hydroxylation sites is 1. The third-order valence-electron chi connectivity index (χ3n) is 3.09. The summed E-state index contributed by atoms with van der Waals surface area (Å²) in [5, 5.41) is 18.9. The van der Waals surface area contributed by atoms with E-state index in [1.807, 2.05) is 30.3 Å². The third-order valence-corrected chi connectivity index (χ3v) is 3.09. The highest BCUT2D eigenvalue weighted by molar-refractivity contribution is 5.83. The van der Waals surface area contributed by atoms with Crippen LogP contribution in [0.5, 0.6) is 0 Å². The molecule has 88 valence electrons. The molecule has 0 aliphatic carbocycles. The summed E-state index contributed by atoms with van der Waals surface area (Å²) in [5.74, 6) is -1.05. The van der Waals surface area contributed by atoms with Gasteiger partial charge in [-0.3, -0.25) is 0 Å². The molecule has 0 heterocycles. The molecule has 2 unspecified atom stereocenters. The largest absolute Gasteiger partial charge is 0.479 e. The summed E-state index contributed by atoms with van der Waals surface area (Å²) in [6, 6.07) is 9.14. The molecule has 0 saturated heterocycles. The van der Waals surface area contributed by atoms with Crippen molar-refractivity contribution in [3.05, 3.63) is 30.3 Å². The number of carboxylic acid groups (broad SMARTS) is 1. The Morgan fingerprint density at radius 1 is 1.38 bits per heavy atom. The topological polar surface area (TPSA) is 60.8 Å². The van der Waals surface area contributed by atoms with Gasteiger partial charge in [0.05, 0.1) is 6.10 Å². The summed E-state index contributed by atoms with van der Waals surface area (Å²) in [6.45, 7) is 2.99. The zero-order chi connectivity index (χ0) is 12.3. The number of aliphatic carboxylic acids is 1. The molecule has 0 saturated carbocycles. The Hall–Kier alpha value is -1.55. The van der Waals surface area contributed by atoms with Gasteiger partial charge in [0, 0.05) is 12.7 Å². The van der Waals surface area contributed by atoms with E-state index >= 15 is 0 Å². The van der Waals surface area contributed by atoms with Crippen molar-refractivity contribution in [2.75, 3.05) is 11.9 Å². The number of hydrogen-bond donors (Lipinski definition) is 2. The fraction of sp³-hybridized carbons (Fsp3) is 0.417. The first-order valence-electron chi connectivity index (χ1n) is 5.11. The average Bonchev–Trinajstić information content (AvgIpc) is 2.27. The van der Waals surface area contributed by atoms with E-state index in [1.54, 1.807) is 11.9 Å². The summed E-state index contributed by atoms with van der Waals surface area (Å²) in [4.78, 5) is 12.8. The molecule has 0 aliphatic rings. The van der Waals surface area contributed by atoms with E-state index in [-0.39, 0.29) is 0 Å². The van der Waals surface area contributed by atoms with Crippen molar-refractivity contribution in [1.29, 1.82) is 0 Å². The molecule has 0 spiro atoms. The Kier molecular flexibility index (Phi) is 3.55. The maximum absolute atomic E-state index is 11.3. The molecule has 0 fully saturated rings. The van der Waals surface area contributed by atoms with Crippen LogP contribution >= 0.6 is 0 Å². The molecule has 0 amide bonds. The lowest BCUT2D eigenvalue weighted by Gasteiger charge is -2.38. The van der Waals surface area contributed by atoms with Gasteiger partial charge in [0.25, 0.3) is 0 Å². The monoisotopic (exact) mass is 223 g/mol. The van der Waals surface area contributed by atoms with Crippen molar-refractivity contribution < 1.29 is 15.0 Å². The number of likely N-dealkylation sites (N-methyl/N-ethyl adjacent to an activating group) is 1. The summed E-state index contributed by atoms with van der Waals surface area (Å²) in [6.07, 6.45) is -0.977. The molecule has 1 aromatic carbocycles. The van der Waals surface area contributed by atoms with Crippen molar-refractivity contribution in [2.45, 2.75) is 25.5 Å². The number of nitrogens with zero attached hydrogens (tertiary/aromatic N) is 1. The smallest absolute Gasteiger partial charge is 0.331 e. The molecule has 1 aromatic rings. The Balaban J connectivity index is 3.11. The molecule has 0 bridgehead atoms. The van der Waals surface area contributed by atoms with Crippen LogP contribution < -0.4 is 4.90 Å². The van der Waals surface area contributed by atoms with Gasteiger partial charge in [-0.05, 0) is 26.0 Å². The fourth-order valence-electron chi connectivity index (χ4n) is 1.52. The van der Waals surface area contributed by atoms with Crippen LogP contribution in [0.15, 0.2) is 30.3 Å². The Labute approximate surface area is 95.1 Å². The Bertz CT molecular complexity index is 364. The van der Waals surface area contributed by atoms with Gasteiger partial charge in [-0.2, -0.15) is 0 Å². The van der Waals surface area contributed by atoms with E-state index in [0.29, 0.717) is 0 Å². The standard InChI is InChI=1S/C12H17NO3/c1-9(14)12(2,11(15)16)13(3)10-7-5-4-6-8-10/h4-9,14H,1-3H3,(H,15,16). The lowest BCUT2D eigenvalue weighted by Crippen LogP contribution is -2.58. The molecule has 4 nitrogen and oxygen atoms in total. The highest BCUT2D eigenvalue weighted by Gasteiger charge is 2.42. The van der Waals surface area contributed by atoms with Gasteiger partial charge in [-0.25, -0.2) is 4.79 Å². The van der Waals surface area contributed by atoms with Gasteiger partial charge >= 0.3 is 5.97 Å². The third kappa shape index (κ3) is 2.02. The van der Waals surface area contributed by atoms with E-state index in [9.17, 15) is 15.0 Å². The first-order valence-corrected chi connectivity index (χ1v) is 5.11. The van der Waals surface area contributed by atoms with Crippen molar-refractivity contribution >= 4 is 11.7 Å². The summed E-state index contributed by atoms with van der Waals surface area (Å²) < 4.78 is 0. The number of carbonyl (C=O) groups is 1. The van der Waals surface area contributed by atoms with E-state index in [4.69, 9.17) is 0 Å². The number of aliphatic hydroxyl groups excluding tert-OH is 1. The van der Waals surface area contributed by atoms with Crippen LogP contribution in [0.1, 0.15) is 13.8 Å². The van der Waals surface area contributed by atoms with Gasteiger partial charge in [-0.15, -0.1) is 0 Å². The zero-order valence-corrected chi connectivity index (χ0v) is 9.71.